The maximum Gasteiger partial charge on any atom is 0.405 e. The van der Waals surface area contributed by atoms with Crippen molar-refractivity contribution in [2.75, 3.05) is 25.5 Å². The number of urea groups is 1. The lowest BCUT2D eigenvalue weighted by molar-refractivity contribution is -0.154. The van der Waals surface area contributed by atoms with Crippen LogP contribution in [0.3, 0.4) is 0 Å². The van der Waals surface area contributed by atoms with Crippen molar-refractivity contribution in [2.45, 2.75) is 25.2 Å². The van der Waals surface area contributed by atoms with Crippen molar-refractivity contribution < 1.29 is 22.8 Å². The van der Waals surface area contributed by atoms with Gasteiger partial charge in [0.15, 0.2) is 0 Å². The molecule has 6 nitrogen and oxygen atoms in total. The highest BCUT2D eigenvalue weighted by atomic mass is 19.4. The fourth-order valence-corrected chi connectivity index (χ4v) is 3.18. The smallest absolute Gasteiger partial charge is 0.341 e. The summed E-state index contributed by atoms with van der Waals surface area (Å²) < 4.78 is 39.9. The summed E-state index contributed by atoms with van der Waals surface area (Å²) in [5.74, 6) is -0.150. The lowest BCUT2D eigenvalue weighted by Crippen LogP contribution is -2.50. The van der Waals surface area contributed by atoms with Crippen LogP contribution in [0.4, 0.5) is 23.7 Å². The molecule has 9 heteroatoms. The van der Waals surface area contributed by atoms with E-state index in [2.05, 4.69) is 16.0 Å². The van der Waals surface area contributed by atoms with Crippen molar-refractivity contribution in [1.82, 2.24) is 15.5 Å². The molecule has 1 unspecified atom stereocenters. The Balaban J connectivity index is 1.57. The number of nitrogens with zero attached hydrogens (tertiary/aromatic N) is 1. The first-order valence-electron chi connectivity index (χ1n) is 9.51. The van der Waals surface area contributed by atoms with Crippen molar-refractivity contribution in [3.05, 3.63) is 65.2 Å². The summed E-state index contributed by atoms with van der Waals surface area (Å²) in [4.78, 5) is 25.9. The van der Waals surface area contributed by atoms with Gasteiger partial charge in [-0.05, 0) is 29.7 Å². The summed E-state index contributed by atoms with van der Waals surface area (Å²) in [5.41, 5.74) is 2.42. The molecule has 1 aliphatic heterocycles. The average molecular weight is 420 g/mol. The number of anilines is 1. The van der Waals surface area contributed by atoms with Gasteiger partial charge in [0.05, 0.1) is 0 Å². The summed E-state index contributed by atoms with van der Waals surface area (Å²) in [7, 11) is 1.69. The number of rotatable bonds is 6. The molecule has 0 aromatic heterocycles. The summed E-state index contributed by atoms with van der Waals surface area (Å²) in [5, 5.41) is 7.17. The van der Waals surface area contributed by atoms with Crippen LogP contribution in [0.15, 0.2) is 48.5 Å². The zero-order valence-corrected chi connectivity index (χ0v) is 16.4. The Morgan fingerprint density at radius 2 is 1.90 bits per heavy atom. The van der Waals surface area contributed by atoms with Crippen LogP contribution in [0.1, 0.15) is 21.5 Å². The fourth-order valence-electron chi connectivity index (χ4n) is 3.18. The first-order chi connectivity index (χ1) is 14.2. The minimum Gasteiger partial charge on any atom is -0.341 e. The Bertz CT molecular complexity index is 903. The van der Waals surface area contributed by atoms with Gasteiger partial charge in [0.2, 0.25) is 0 Å². The second-order valence-electron chi connectivity index (χ2n) is 7.14. The second kappa shape index (κ2) is 9.17. The minimum absolute atomic E-state index is 0.0226. The van der Waals surface area contributed by atoms with Gasteiger partial charge in [-0.15, -0.1) is 0 Å². The number of benzene rings is 2. The molecule has 3 N–H and O–H groups in total. The largest absolute Gasteiger partial charge is 0.405 e. The first kappa shape index (κ1) is 21.6. The average Bonchev–Trinajstić information content (AvgIpc) is 2.71. The lowest BCUT2D eigenvalue weighted by atomic mass is 9.99. The monoisotopic (exact) mass is 420 g/mol. The Labute approximate surface area is 172 Å². The van der Waals surface area contributed by atoms with Crippen LogP contribution in [-0.4, -0.2) is 49.2 Å². The quantitative estimate of drug-likeness (QED) is 0.672. The molecule has 2 aromatic carbocycles. The van der Waals surface area contributed by atoms with E-state index >= 15 is 0 Å². The predicted molar refractivity (Wildman–Crippen MR) is 107 cm³/mol. The SMILES string of the molecule is CN1CCc2ccc(NC(=O)NCC(NCc3ccccc3)C(F)(F)F)cc2C1=O. The molecule has 0 fully saturated rings. The Morgan fingerprint density at radius 1 is 1.17 bits per heavy atom. The van der Waals surface area contributed by atoms with E-state index in [0.29, 0.717) is 29.8 Å². The highest BCUT2D eigenvalue weighted by molar-refractivity contribution is 5.99. The first-order valence-corrected chi connectivity index (χ1v) is 9.51. The molecule has 3 rings (SSSR count). The number of carbonyl (C=O) groups excluding carboxylic acids is 2. The van der Waals surface area contributed by atoms with Gasteiger partial charge in [-0.2, -0.15) is 13.2 Å². The van der Waals surface area contributed by atoms with Crippen molar-refractivity contribution in [3.63, 3.8) is 0 Å². The van der Waals surface area contributed by atoms with Crippen LogP contribution in [0.25, 0.3) is 0 Å². The van der Waals surface area contributed by atoms with E-state index in [1.807, 2.05) is 0 Å². The van der Waals surface area contributed by atoms with Gasteiger partial charge in [-0.3, -0.25) is 4.79 Å². The van der Waals surface area contributed by atoms with Crippen LogP contribution < -0.4 is 16.0 Å². The normalized spacial score (nSPS) is 14.8. The van der Waals surface area contributed by atoms with E-state index in [1.54, 1.807) is 60.5 Å². The molecule has 1 heterocycles. The van der Waals surface area contributed by atoms with Crippen molar-refractivity contribution >= 4 is 17.6 Å². The van der Waals surface area contributed by atoms with Gasteiger partial charge in [0, 0.05) is 37.9 Å². The molecule has 0 saturated carbocycles. The van der Waals surface area contributed by atoms with Crippen LogP contribution in [0.2, 0.25) is 0 Å². The Kier molecular flexibility index (Phi) is 6.61. The number of carbonyl (C=O) groups is 2. The Hall–Kier alpha value is -3.07. The highest BCUT2D eigenvalue weighted by Gasteiger charge is 2.39. The van der Waals surface area contributed by atoms with Crippen LogP contribution in [0, 0.1) is 0 Å². The minimum atomic E-state index is -4.52. The van der Waals surface area contributed by atoms with Gasteiger partial charge in [-0.1, -0.05) is 36.4 Å². The van der Waals surface area contributed by atoms with Crippen molar-refractivity contribution in [2.24, 2.45) is 0 Å². The van der Waals surface area contributed by atoms with E-state index in [9.17, 15) is 22.8 Å². The number of hydrogen-bond donors (Lipinski definition) is 3. The van der Waals surface area contributed by atoms with Gasteiger partial charge in [0.1, 0.15) is 6.04 Å². The standard InChI is InChI=1S/C21H23F3N4O2/c1-28-10-9-15-7-8-16(11-17(15)19(28)29)27-20(30)26-13-18(21(22,23)24)25-12-14-5-3-2-4-6-14/h2-8,11,18,25H,9-10,12-13H2,1H3,(H2,26,27,30). The molecular formula is C21H23F3N4O2. The summed E-state index contributed by atoms with van der Waals surface area (Å²) in [6, 6.07) is 10.9. The maximum absolute atomic E-state index is 13.3. The maximum atomic E-state index is 13.3. The molecular weight excluding hydrogens is 397 g/mol. The van der Waals surface area contributed by atoms with E-state index in [1.165, 1.54) is 0 Å². The van der Waals surface area contributed by atoms with E-state index in [4.69, 9.17) is 0 Å². The zero-order valence-electron chi connectivity index (χ0n) is 16.4. The molecule has 3 amide bonds. The van der Waals surface area contributed by atoms with Crippen LogP contribution >= 0.6 is 0 Å². The molecule has 1 aliphatic rings. The third kappa shape index (κ3) is 5.50. The number of alkyl halides is 3. The summed E-state index contributed by atoms with van der Waals surface area (Å²) in [6.07, 6.45) is -3.81. The van der Waals surface area contributed by atoms with Gasteiger partial charge in [0.25, 0.3) is 5.91 Å². The van der Waals surface area contributed by atoms with Crippen LogP contribution in [-0.2, 0) is 13.0 Å². The molecule has 2 aromatic rings. The van der Waals surface area contributed by atoms with Crippen molar-refractivity contribution in [1.29, 1.82) is 0 Å². The predicted octanol–water partition coefficient (Wildman–Crippen LogP) is 3.16. The number of likely N-dealkylation sites (N-methyl/N-ethyl adjacent to an activating group) is 1. The van der Waals surface area contributed by atoms with E-state index in [0.717, 1.165) is 5.56 Å². The summed E-state index contributed by atoms with van der Waals surface area (Å²) >= 11 is 0. The number of halogens is 3. The zero-order chi connectivity index (χ0) is 21.7. The molecule has 0 saturated heterocycles. The van der Waals surface area contributed by atoms with Crippen molar-refractivity contribution in [3.8, 4) is 0 Å². The Morgan fingerprint density at radius 3 is 2.60 bits per heavy atom. The number of fused-ring (bicyclic) bond motifs is 1. The topological polar surface area (TPSA) is 73.5 Å². The molecule has 1 atom stereocenters. The van der Waals surface area contributed by atoms with Gasteiger partial charge < -0.3 is 20.9 Å². The number of nitrogens with one attached hydrogen (secondary N) is 3. The number of amides is 3. The molecule has 30 heavy (non-hydrogen) atoms. The fraction of sp³-hybridized carbons (Fsp3) is 0.333. The number of hydrogen-bond acceptors (Lipinski definition) is 3. The highest BCUT2D eigenvalue weighted by Crippen LogP contribution is 2.22. The molecule has 0 spiro atoms. The second-order valence-corrected chi connectivity index (χ2v) is 7.14. The lowest BCUT2D eigenvalue weighted by Gasteiger charge is -2.25. The van der Waals surface area contributed by atoms with Crippen LogP contribution in [0.5, 0.6) is 0 Å². The van der Waals surface area contributed by atoms with Gasteiger partial charge >= 0.3 is 12.2 Å². The summed E-state index contributed by atoms with van der Waals surface area (Å²) in [6.45, 7) is 0.0114. The van der Waals surface area contributed by atoms with E-state index < -0.39 is 24.8 Å². The molecule has 0 aliphatic carbocycles. The van der Waals surface area contributed by atoms with Gasteiger partial charge in [-0.25, -0.2) is 4.79 Å². The third-order valence-corrected chi connectivity index (χ3v) is 4.92. The molecule has 0 radical (unpaired) electrons. The molecule has 0 bridgehead atoms. The molecule has 160 valence electrons. The van der Waals surface area contributed by atoms with E-state index in [-0.39, 0.29) is 12.5 Å². The third-order valence-electron chi connectivity index (χ3n) is 4.92.